The zero-order chi connectivity index (χ0) is 19.0. The third-order valence-corrected chi connectivity index (χ3v) is 4.18. The molecule has 2 aliphatic heterocycles. The van der Waals surface area contributed by atoms with Crippen LogP contribution in [0.3, 0.4) is 0 Å². The lowest BCUT2D eigenvalue weighted by Gasteiger charge is -2.27. The number of ether oxygens (including phenoxy) is 2. The van der Waals surface area contributed by atoms with Crippen LogP contribution in [0, 0.1) is 5.82 Å². The van der Waals surface area contributed by atoms with Crippen molar-refractivity contribution in [1.29, 1.82) is 0 Å². The molecular formula is C20H15FN2O4. The van der Waals surface area contributed by atoms with E-state index in [4.69, 9.17) is 9.47 Å². The number of fused-ring (bicyclic) bond motifs is 2. The standard InChI is InChI=1S/C20H15FN2O4/c1-2-26-20(25)12-6-7-16-13(8-12)10-15-18(24)22-17(23-19(15)27-16)11-4-3-5-14(21)9-11/h3-10,17H,2H2,1H3,(H,22,24). The van der Waals surface area contributed by atoms with Crippen LogP contribution in [0.1, 0.15) is 34.6 Å². The average Bonchev–Trinajstić information content (AvgIpc) is 2.66. The summed E-state index contributed by atoms with van der Waals surface area (Å²) in [6.07, 6.45) is 0.873. The summed E-state index contributed by atoms with van der Waals surface area (Å²) >= 11 is 0. The van der Waals surface area contributed by atoms with Gasteiger partial charge in [-0.1, -0.05) is 12.1 Å². The Bertz CT molecular complexity index is 1010. The smallest absolute Gasteiger partial charge is 0.338 e. The van der Waals surface area contributed by atoms with Crippen molar-refractivity contribution >= 4 is 23.9 Å². The van der Waals surface area contributed by atoms with Crippen molar-refractivity contribution in [3.8, 4) is 5.75 Å². The Kier molecular flexibility index (Phi) is 4.19. The summed E-state index contributed by atoms with van der Waals surface area (Å²) in [6.45, 7) is 2.00. The van der Waals surface area contributed by atoms with Gasteiger partial charge in [-0.15, -0.1) is 0 Å². The van der Waals surface area contributed by atoms with Crippen LogP contribution in [0.25, 0.3) is 6.08 Å². The van der Waals surface area contributed by atoms with Crippen LogP contribution in [-0.4, -0.2) is 24.4 Å². The fourth-order valence-electron chi connectivity index (χ4n) is 2.92. The molecule has 0 fully saturated rings. The van der Waals surface area contributed by atoms with E-state index >= 15 is 0 Å². The average molecular weight is 366 g/mol. The number of benzene rings is 2. The molecule has 136 valence electrons. The number of carbonyl (C=O) groups excluding carboxylic acids is 2. The van der Waals surface area contributed by atoms with Crippen molar-refractivity contribution in [2.24, 2.45) is 4.99 Å². The molecule has 2 heterocycles. The summed E-state index contributed by atoms with van der Waals surface area (Å²) in [7, 11) is 0. The predicted molar refractivity (Wildman–Crippen MR) is 95.7 cm³/mol. The fraction of sp³-hybridized carbons (Fsp3) is 0.150. The molecule has 0 radical (unpaired) electrons. The summed E-state index contributed by atoms with van der Waals surface area (Å²) in [5, 5.41) is 2.71. The second-order valence-electron chi connectivity index (χ2n) is 6.00. The van der Waals surface area contributed by atoms with Crippen molar-refractivity contribution in [2.75, 3.05) is 6.61 Å². The van der Waals surface area contributed by atoms with Crippen molar-refractivity contribution in [3.63, 3.8) is 0 Å². The van der Waals surface area contributed by atoms with Gasteiger partial charge >= 0.3 is 5.97 Å². The topological polar surface area (TPSA) is 77.0 Å². The first-order valence-electron chi connectivity index (χ1n) is 8.40. The summed E-state index contributed by atoms with van der Waals surface area (Å²) in [5.41, 5.74) is 1.71. The van der Waals surface area contributed by atoms with E-state index in [1.807, 2.05) is 0 Å². The zero-order valence-corrected chi connectivity index (χ0v) is 14.4. The summed E-state index contributed by atoms with van der Waals surface area (Å²) in [5.74, 6) is -0.619. The normalized spacial score (nSPS) is 17.6. The van der Waals surface area contributed by atoms with Crippen LogP contribution >= 0.6 is 0 Å². The lowest BCUT2D eigenvalue weighted by molar-refractivity contribution is -0.118. The lowest BCUT2D eigenvalue weighted by atomic mass is 10.0. The minimum Gasteiger partial charge on any atom is -0.462 e. The molecule has 7 heteroatoms. The van der Waals surface area contributed by atoms with E-state index in [1.165, 1.54) is 12.1 Å². The Morgan fingerprint density at radius 2 is 2.15 bits per heavy atom. The zero-order valence-electron chi connectivity index (χ0n) is 14.4. The van der Waals surface area contributed by atoms with Crippen LogP contribution < -0.4 is 10.1 Å². The van der Waals surface area contributed by atoms with Gasteiger partial charge < -0.3 is 14.8 Å². The van der Waals surface area contributed by atoms with E-state index in [2.05, 4.69) is 10.3 Å². The van der Waals surface area contributed by atoms with E-state index in [-0.39, 0.29) is 24.0 Å². The molecule has 0 saturated carbocycles. The summed E-state index contributed by atoms with van der Waals surface area (Å²) < 4.78 is 24.2. The number of carbonyl (C=O) groups is 2. The minimum atomic E-state index is -0.735. The molecule has 0 aliphatic carbocycles. The van der Waals surface area contributed by atoms with Gasteiger partial charge in [0, 0.05) is 5.56 Å². The van der Waals surface area contributed by atoms with E-state index in [0.717, 1.165) is 0 Å². The first-order chi connectivity index (χ1) is 13.0. The number of amides is 1. The van der Waals surface area contributed by atoms with E-state index in [1.54, 1.807) is 43.3 Å². The molecule has 6 nitrogen and oxygen atoms in total. The second kappa shape index (κ2) is 6.68. The number of aliphatic imine (C=N–C) groups is 1. The first-order valence-corrected chi connectivity index (χ1v) is 8.40. The third-order valence-electron chi connectivity index (χ3n) is 4.18. The minimum absolute atomic E-state index is 0.157. The highest BCUT2D eigenvalue weighted by Gasteiger charge is 2.32. The molecule has 0 spiro atoms. The van der Waals surface area contributed by atoms with Gasteiger partial charge in [-0.25, -0.2) is 14.2 Å². The molecule has 1 atom stereocenters. The predicted octanol–water partition coefficient (Wildman–Crippen LogP) is 3.01. The number of nitrogens with zero attached hydrogens (tertiary/aromatic N) is 1. The molecule has 1 amide bonds. The van der Waals surface area contributed by atoms with Gasteiger partial charge in [-0.05, 0) is 48.9 Å². The van der Waals surface area contributed by atoms with Gasteiger partial charge in [0.15, 0.2) is 6.17 Å². The highest BCUT2D eigenvalue weighted by atomic mass is 19.1. The molecule has 0 bridgehead atoms. The SMILES string of the molecule is CCOC(=O)c1ccc2c(c1)C=C1C(=O)NC(c3cccc(F)c3)N=C1O2. The van der Waals surface area contributed by atoms with E-state index in [9.17, 15) is 14.0 Å². The largest absolute Gasteiger partial charge is 0.462 e. The third kappa shape index (κ3) is 3.19. The number of esters is 1. The Balaban J connectivity index is 1.69. The maximum atomic E-state index is 13.5. The van der Waals surface area contributed by atoms with Crippen molar-refractivity contribution < 1.29 is 23.5 Å². The maximum Gasteiger partial charge on any atom is 0.338 e. The number of nitrogens with one attached hydrogen (secondary N) is 1. The van der Waals surface area contributed by atoms with Crippen molar-refractivity contribution in [3.05, 3.63) is 70.5 Å². The number of hydrogen-bond acceptors (Lipinski definition) is 5. The Labute approximate surface area is 154 Å². The molecule has 0 saturated heterocycles. The van der Waals surface area contributed by atoms with Crippen molar-refractivity contribution in [1.82, 2.24) is 5.32 Å². The quantitative estimate of drug-likeness (QED) is 0.847. The molecule has 0 aromatic heterocycles. The number of halogens is 1. The van der Waals surface area contributed by atoms with Gasteiger partial charge in [0.25, 0.3) is 5.91 Å². The van der Waals surface area contributed by atoms with Gasteiger partial charge in [-0.2, -0.15) is 0 Å². The molecule has 1 N–H and O–H groups in total. The molecule has 1 unspecified atom stereocenters. The Morgan fingerprint density at radius 1 is 1.30 bits per heavy atom. The van der Waals surface area contributed by atoms with E-state index in [0.29, 0.717) is 22.4 Å². The van der Waals surface area contributed by atoms with Crippen LogP contribution in [0.2, 0.25) is 0 Å². The summed E-state index contributed by atoms with van der Waals surface area (Å²) in [6, 6.07) is 10.7. The monoisotopic (exact) mass is 366 g/mol. The van der Waals surface area contributed by atoms with Gasteiger partial charge in [-0.3, -0.25) is 4.79 Å². The Hall–Kier alpha value is -3.48. The van der Waals surface area contributed by atoms with Gasteiger partial charge in [0.1, 0.15) is 17.1 Å². The van der Waals surface area contributed by atoms with Crippen LogP contribution in [0.15, 0.2) is 53.0 Å². The maximum absolute atomic E-state index is 13.5. The molecule has 2 aliphatic rings. The second-order valence-corrected chi connectivity index (χ2v) is 6.00. The van der Waals surface area contributed by atoms with Crippen LogP contribution in [0.5, 0.6) is 5.75 Å². The first kappa shape index (κ1) is 17.0. The Morgan fingerprint density at radius 3 is 2.93 bits per heavy atom. The summed E-state index contributed by atoms with van der Waals surface area (Å²) in [4.78, 5) is 28.8. The van der Waals surface area contributed by atoms with E-state index < -0.39 is 18.0 Å². The molecule has 2 aromatic carbocycles. The molecular weight excluding hydrogens is 351 g/mol. The van der Waals surface area contributed by atoms with Crippen LogP contribution in [0.4, 0.5) is 4.39 Å². The number of rotatable bonds is 3. The molecule has 4 rings (SSSR count). The molecule has 27 heavy (non-hydrogen) atoms. The van der Waals surface area contributed by atoms with Crippen LogP contribution in [-0.2, 0) is 9.53 Å². The lowest BCUT2D eigenvalue weighted by Crippen LogP contribution is -2.39. The van der Waals surface area contributed by atoms with Gasteiger partial charge in [0.2, 0.25) is 5.90 Å². The molecule has 2 aromatic rings. The number of hydrogen-bond donors (Lipinski definition) is 1. The fourth-order valence-corrected chi connectivity index (χ4v) is 2.92. The highest BCUT2D eigenvalue weighted by molar-refractivity contribution is 6.24. The van der Waals surface area contributed by atoms with Crippen molar-refractivity contribution in [2.45, 2.75) is 13.1 Å². The highest BCUT2D eigenvalue weighted by Crippen LogP contribution is 2.32. The van der Waals surface area contributed by atoms with Gasteiger partial charge in [0.05, 0.1) is 12.2 Å².